The van der Waals surface area contributed by atoms with Crippen LogP contribution in [0.5, 0.6) is 17.2 Å². The summed E-state index contributed by atoms with van der Waals surface area (Å²) in [6.45, 7) is 0.443. The predicted molar refractivity (Wildman–Crippen MR) is 142 cm³/mol. The third kappa shape index (κ3) is 6.96. The van der Waals surface area contributed by atoms with Crippen molar-refractivity contribution in [3.63, 3.8) is 0 Å². The van der Waals surface area contributed by atoms with Crippen LogP contribution in [0.25, 0.3) is 0 Å². The Balaban J connectivity index is 1.33. The van der Waals surface area contributed by atoms with Gasteiger partial charge in [-0.1, -0.05) is 54.1 Å². The molecule has 1 N–H and O–H groups in total. The number of ether oxygens (including phenoxy) is 3. The molecule has 4 rings (SSSR count). The number of nitrogens with one attached hydrogen (secondary N) is 1. The molecule has 0 unspecified atom stereocenters. The average Bonchev–Trinajstić information content (AvgIpc) is 2.93. The van der Waals surface area contributed by atoms with E-state index >= 15 is 0 Å². The second-order valence-electron chi connectivity index (χ2n) is 7.78. The van der Waals surface area contributed by atoms with Gasteiger partial charge >= 0.3 is 5.97 Å². The van der Waals surface area contributed by atoms with Gasteiger partial charge < -0.3 is 14.2 Å². The largest absolute Gasteiger partial charge is 0.493 e. The van der Waals surface area contributed by atoms with Crippen LogP contribution < -0.4 is 19.6 Å². The Hall–Kier alpha value is -4.62. The SMILES string of the molecule is COc1cc(/C=N/NC(=O)c2ccc(OCc3ccccc3)cc2)ccc1OC(=O)c1ccccc1Cl. The maximum absolute atomic E-state index is 12.4. The Labute approximate surface area is 219 Å². The molecule has 186 valence electrons. The molecule has 4 aromatic rings. The number of halogens is 1. The summed E-state index contributed by atoms with van der Waals surface area (Å²) in [6, 6.07) is 28.1. The van der Waals surface area contributed by atoms with Crippen molar-refractivity contribution in [2.24, 2.45) is 5.10 Å². The highest BCUT2D eigenvalue weighted by Gasteiger charge is 2.15. The molecule has 0 aliphatic carbocycles. The minimum Gasteiger partial charge on any atom is -0.493 e. The quantitative estimate of drug-likeness (QED) is 0.130. The molecule has 0 atom stereocenters. The molecule has 0 spiro atoms. The number of methoxy groups -OCH3 is 1. The fraction of sp³-hybridized carbons (Fsp3) is 0.0690. The number of carbonyl (C=O) groups is 2. The molecule has 0 aromatic heterocycles. The van der Waals surface area contributed by atoms with E-state index < -0.39 is 5.97 Å². The molecule has 0 aliphatic rings. The van der Waals surface area contributed by atoms with Gasteiger partial charge in [0.1, 0.15) is 12.4 Å². The minimum absolute atomic E-state index is 0.225. The van der Waals surface area contributed by atoms with E-state index in [-0.39, 0.29) is 17.2 Å². The van der Waals surface area contributed by atoms with Crippen molar-refractivity contribution >= 4 is 29.7 Å². The van der Waals surface area contributed by atoms with Gasteiger partial charge in [0, 0.05) is 5.56 Å². The summed E-state index contributed by atoms with van der Waals surface area (Å²) < 4.78 is 16.5. The van der Waals surface area contributed by atoms with Crippen LogP contribution in [-0.4, -0.2) is 25.2 Å². The number of rotatable bonds is 9. The van der Waals surface area contributed by atoms with E-state index in [0.717, 1.165) is 5.56 Å². The maximum Gasteiger partial charge on any atom is 0.345 e. The second kappa shape index (κ2) is 12.4. The highest BCUT2D eigenvalue weighted by Crippen LogP contribution is 2.29. The number of carbonyl (C=O) groups excluding carboxylic acids is 2. The molecule has 0 saturated carbocycles. The zero-order chi connectivity index (χ0) is 26.0. The fourth-order valence-corrected chi connectivity index (χ4v) is 3.52. The lowest BCUT2D eigenvalue weighted by Crippen LogP contribution is -2.17. The molecule has 4 aromatic carbocycles. The lowest BCUT2D eigenvalue weighted by atomic mass is 10.2. The number of hydrazone groups is 1. The summed E-state index contributed by atoms with van der Waals surface area (Å²) in [5.74, 6) is 0.230. The number of hydrogen-bond donors (Lipinski definition) is 1. The lowest BCUT2D eigenvalue weighted by molar-refractivity contribution is 0.0729. The first-order chi connectivity index (χ1) is 18.0. The van der Waals surface area contributed by atoms with Gasteiger partial charge in [0.2, 0.25) is 0 Å². The zero-order valence-corrected chi connectivity index (χ0v) is 20.6. The fourth-order valence-electron chi connectivity index (χ4n) is 3.30. The van der Waals surface area contributed by atoms with Crippen molar-refractivity contribution in [2.75, 3.05) is 7.11 Å². The Bertz CT molecular complexity index is 1410. The Morgan fingerprint density at radius 3 is 2.35 bits per heavy atom. The van der Waals surface area contributed by atoms with Gasteiger partial charge in [-0.25, -0.2) is 10.2 Å². The molecule has 7 nitrogen and oxygen atoms in total. The molecular formula is C29H23ClN2O5. The molecule has 0 heterocycles. The van der Waals surface area contributed by atoms with Crippen LogP contribution in [0.3, 0.4) is 0 Å². The lowest BCUT2D eigenvalue weighted by Gasteiger charge is -2.10. The van der Waals surface area contributed by atoms with E-state index in [0.29, 0.717) is 34.3 Å². The van der Waals surface area contributed by atoms with E-state index in [2.05, 4.69) is 10.5 Å². The number of esters is 1. The van der Waals surface area contributed by atoms with Crippen LogP contribution in [-0.2, 0) is 6.61 Å². The zero-order valence-electron chi connectivity index (χ0n) is 19.9. The first-order valence-corrected chi connectivity index (χ1v) is 11.7. The summed E-state index contributed by atoms with van der Waals surface area (Å²) in [5, 5.41) is 4.30. The molecule has 8 heteroatoms. The van der Waals surface area contributed by atoms with Crippen LogP contribution in [0, 0.1) is 0 Å². The normalized spacial score (nSPS) is 10.6. The maximum atomic E-state index is 12.4. The van der Waals surface area contributed by atoms with Crippen LogP contribution in [0.15, 0.2) is 102 Å². The minimum atomic E-state index is -0.603. The average molecular weight is 515 g/mol. The van der Waals surface area contributed by atoms with Crippen molar-refractivity contribution in [1.82, 2.24) is 5.43 Å². The summed E-state index contributed by atoms with van der Waals surface area (Å²) >= 11 is 6.07. The van der Waals surface area contributed by atoms with Gasteiger partial charge in [0.15, 0.2) is 11.5 Å². The standard InChI is InChI=1S/C29H23ClN2O5/c1-35-27-17-21(11-16-26(27)37-29(34)24-9-5-6-10-25(24)30)18-31-32-28(33)22-12-14-23(15-13-22)36-19-20-7-3-2-4-8-20/h2-18H,19H2,1H3,(H,32,33)/b31-18+. The van der Waals surface area contributed by atoms with E-state index in [4.69, 9.17) is 25.8 Å². The van der Waals surface area contributed by atoms with Crippen LogP contribution in [0.2, 0.25) is 5.02 Å². The molecule has 0 radical (unpaired) electrons. The topological polar surface area (TPSA) is 86.2 Å². The van der Waals surface area contributed by atoms with Gasteiger partial charge in [-0.05, 0) is 65.7 Å². The Morgan fingerprint density at radius 1 is 0.892 bits per heavy atom. The summed E-state index contributed by atoms with van der Waals surface area (Å²) in [7, 11) is 1.46. The first-order valence-electron chi connectivity index (χ1n) is 11.3. The predicted octanol–water partition coefficient (Wildman–Crippen LogP) is 5.91. The number of amides is 1. The third-order valence-corrected chi connectivity index (χ3v) is 5.56. The monoisotopic (exact) mass is 514 g/mol. The molecule has 0 fully saturated rings. The molecule has 37 heavy (non-hydrogen) atoms. The summed E-state index contributed by atoms with van der Waals surface area (Å²) in [6.07, 6.45) is 1.46. The van der Waals surface area contributed by atoms with Gasteiger partial charge in [-0.2, -0.15) is 5.10 Å². The third-order valence-electron chi connectivity index (χ3n) is 5.23. The second-order valence-corrected chi connectivity index (χ2v) is 8.18. The summed E-state index contributed by atoms with van der Waals surface area (Å²) in [5.41, 5.74) is 4.85. The van der Waals surface area contributed by atoms with E-state index in [1.54, 1.807) is 66.7 Å². The van der Waals surface area contributed by atoms with Crippen molar-refractivity contribution < 1.29 is 23.8 Å². The van der Waals surface area contributed by atoms with Gasteiger partial charge in [-0.15, -0.1) is 0 Å². The van der Waals surface area contributed by atoms with E-state index in [1.807, 2.05) is 30.3 Å². The molecule has 0 bridgehead atoms. The number of hydrogen-bond acceptors (Lipinski definition) is 6. The van der Waals surface area contributed by atoms with Crippen molar-refractivity contribution in [3.8, 4) is 17.2 Å². The Kier molecular flexibility index (Phi) is 8.52. The molecule has 1 amide bonds. The number of benzene rings is 4. The van der Waals surface area contributed by atoms with Gasteiger partial charge in [0.05, 0.1) is 23.9 Å². The molecule has 0 aliphatic heterocycles. The smallest absolute Gasteiger partial charge is 0.345 e. The van der Waals surface area contributed by atoms with E-state index in [9.17, 15) is 9.59 Å². The van der Waals surface area contributed by atoms with Gasteiger partial charge in [-0.3, -0.25) is 4.79 Å². The van der Waals surface area contributed by atoms with Crippen LogP contribution in [0.4, 0.5) is 0 Å². The van der Waals surface area contributed by atoms with E-state index in [1.165, 1.54) is 13.3 Å². The first kappa shape index (κ1) is 25.5. The van der Waals surface area contributed by atoms with Crippen LogP contribution in [0.1, 0.15) is 31.8 Å². The highest BCUT2D eigenvalue weighted by atomic mass is 35.5. The Morgan fingerprint density at radius 2 is 1.62 bits per heavy atom. The summed E-state index contributed by atoms with van der Waals surface area (Å²) in [4.78, 5) is 24.9. The number of nitrogens with zero attached hydrogens (tertiary/aromatic N) is 1. The van der Waals surface area contributed by atoms with Crippen molar-refractivity contribution in [3.05, 3.63) is 124 Å². The van der Waals surface area contributed by atoms with Crippen LogP contribution >= 0.6 is 11.6 Å². The van der Waals surface area contributed by atoms with Gasteiger partial charge in [0.25, 0.3) is 5.91 Å². The highest BCUT2D eigenvalue weighted by molar-refractivity contribution is 6.33. The molecular weight excluding hydrogens is 492 g/mol. The van der Waals surface area contributed by atoms with Crippen molar-refractivity contribution in [2.45, 2.75) is 6.61 Å². The van der Waals surface area contributed by atoms with Crippen molar-refractivity contribution in [1.29, 1.82) is 0 Å². The molecule has 0 saturated heterocycles.